The molecule has 0 saturated carbocycles. The van der Waals surface area contributed by atoms with Gasteiger partial charge in [0.25, 0.3) is 0 Å². The average molecular weight is 294 g/mol. The maximum absolute atomic E-state index is 11.7. The van der Waals surface area contributed by atoms with E-state index < -0.39 is 5.97 Å². The van der Waals surface area contributed by atoms with Crippen LogP contribution in [0.3, 0.4) is 0 Å². The Labute approximate surface area is 122 Å². The molecule has 6 heteroatoms. The summed E-state index contributed by atoms with van der Waals surface area (Å²) in [6.45, 7) is 0.704. The van der Waals surface area contributed by atoms with Crippen LogP contribution in [-0.2, 0) is 11.2 Å². The average Bonchev–Trinajstić information content (AvgIpc) is 2.91. The first-order chi connectivity index (χ1) is 9.63. The van der Waals surface area contributed by atoms with Crippen LogP contribution in [0.2, 0.25) is 0 Å². The summed E-state index contributed by atoms with van der Waals surface area (Å²) in [6.07, 6.45) is 1.15. The van der Waals surface area contributed by atoms with Crippen molar-refractivity contribution in [3.63, 3.8) is 0 Å². The molecule has 1 unspecified atom stereocenters. The second-order valence-electron chi connectivity index (χ2n) is 4.83. The Bertz CT molecular complexity index is 470. The smallest absolute Gasteiger partial charge is 0.319 e. The number of carboxylic acid groups (broad SMARTS) is 1. The Morgan fingerprint density at radius 2 is 2.05 bits per heavy atom. The second kappa shape index (κ2) is 7.19. The monoisotopic (exact) mass is 294 g/mol. The van der Waals surface area contributed by atoms with Gasteiger partial charge >= 0.3 is 12.0 Å². The number of urea groups is 1. The number of amides is 2. The molecular formula is C14H18N2O3S. The molecule has 0 radical (unpaired) electrons. The van der Waals surface area contributed by atoms with Crippen molar-refractivity contribution in [3.8, 4) is 0 Å². The van der Waals surface area contributed by atoms with Crippen molar-refractivity contribution in [1.82, 2.24) is 5.32 Å². The maximum Gasteiger partial charge on any atom is 0.319 e. The lowest BCUT2D eigenvalue weighted by Crippen LogP contribution is -2.33. The standard InChI is InChI=1S/C14H18N2O3S/c17-13(18)7-10-1-3-12(4-2-10)16-14(19)15-8-11-5-6-20-9-11/h1-4,11H,5-9H2,(H,17,18)(H2,15,16,19). The second-order valence-corrected chi connectivity index (χ2v) is 5.98. The zero-order valence-corrected chi connectivity index (χ0v) is 11.9. The normalized spacial score (nSPS) is 17.7. The first-order valence-corrected chi connectivity index (χ1v) is 7.72. The Balaban J connectivity index is 1.76. The molecule has 0 aromatic heterocycles. The molecule has 1 aliphatic rings. The summed E-state index contributed by atoms with van der Waals surface area (Å²) in [5.41, 5.74) is 1.38. The van der Waals surface area contributed by atoms with Crippen molar-refractivity contribution in [1.29, 1.82) is 0 Å². The maximum atomic E-state index is 11.7. The molecule has 1 saturated heterocycles. The highest BCUT2D eigenvalue weighted by molar-refractivity contribution is 7.99. The van der Waals surface area contributed by atoms with Crippen LogP contribution >= 0.6 is 11.8 Å². The number of carbonyl (C=O) groups is 2. The predicted molar refractivity (Wildman–Crippen MR) is 80.2 cm³/mol. The lowest BCUT2D eigenvalue weighted by atomic mass is 10.1. The van der Waals surface area contributed by atoms with Gasteiger partial charge < -0.3 is 15.7 Å². The van der Waals surface area contributed by atoms with Gasteiger partial charge in [-0.05, 0) is 41.5 Å². The highest BCUT2D eigenvalue weighted by Crippen LogP contribution is 2.22. The van der Waals surface area contributed by atoms with E-state index in [0.29, 0.717) is 23.7 Å². The molecule has 0 bridgehead atoms. The summed E-state index contributed by atoms with van der Waals surface area (Å²) in [5, 5.41) is 14.3. The number of anilines is 1. The van der Waals surface area contributed by atoms with E-state index in [0.717, 1.165) is 12.2 Å². The van der Waals surface area contributed by atoms with Gasteiger partial charge in [0.05, 0.1) is 6.42 Å². The fourth-order valence-electron chi connectivity index (χ4n) is 2.04. The fourth-order valence-corrected chi connectivity index (χ4v) is 3.32. The van der Waals surface area contributed by atoms with Crippen LogP contribution in [0.1, 0.15) is 12.0 Å². The molecule has 1 atom stereocenters. The van der Waals surface area contributed by atoms with Crippen LogP contribution in [0.4, 0.5) is 10.5 Å². The highest BCUT2D eigenvalue weighted by Gasteiger charge is 2.16. The van der Waals surface area contributed by atoms with Gasteiger partial charge in [0, 0.05) is 12.2 Å². The molecule has 1 aromatic rings. The van der Waals surface area contributed by atoms with Crippen molar-refractivity contribution in [3.05, 3.63) is 29.8 Å². The summed E-state index contributed by atoms with van der Waals surface area (Å²) < 4.78 is 0. The van der Waals surface area contributed by atoms with Gasteiger partial charge in [-0.2, -0.15) is 11.8 Å². The van der Waals surface area contributed by atoms with Crippen molar-refractivity contribution >= 4 is 29.4 Å². The van der Waals surface area contributed by atoms with Crippen molar-refractivity contribution in [2.45, 2.75) is 12.8 Å². The fraction of sp³-hybridized carbons (Fsp3) is 0.429. The third-order valence-corrected chi connectivity index (χ3v) is 4.37. The van der Waals surface area contributed by atoms with E-state index in [-0.39, 0.29) is 12.5 Å². The summed E-state index contributed by atoms with van der Waals surface area (Å²) in [6, 6.07) is 6.62. The molecule has 1 aliphatic heterocycles. The van der Waals surface area contributed by atoms with Crippen molar-refractivity contribution in [2.24, 2.45) is 5.92 Å². The Kier molecular flexibility index (Phi) is 5.29. The molecule has 108 valence electrons. The molecule has 1 aromatic carbocycles. The quantitative estimate of drug-likeness (QED) is 0.778. The van der Waals surface area contributed by atoms with Gasteiger partial charge in [-0.3, -0.25) is 4.79 Å². The third-order valence-electron chi connectivity index (χ3n) is 3.14. The van der Waals surface area contributed by atoms with Crippen LogP contribution in [0.5, 0.6) is 0 Å². The molecule has 3 N–H and O–H groups in total. The van der Waals surface area contributed by atoms with Gasteiger partial charge in [0.15, 0.2) is 0 Å². The van der Waals surface area contributed by atoms with Gasteiger partial charge in [-0.15, -0.1) is 0 Å². The van der Waals surface area contributed by atoms with E-state index in [2.05, 4.69) is 10.6 Å². The van der Waals surface area contributed by atoms with Gasteiger partial charge in [0.1, 0.15) is 0 Å². The lowest BCUT2D eigenvalue weighted by Gasteiger charge is -2.11. The number of hydrogen-bond donors (Lipinski definition) is 3. The number of benzene rings is 1. The SMILES string of the molecule is O=C(O)Cc1ccc(NC(=O)NCC2CCSC2)cc1. The lowest BCUT2D eigenvalue weighted by molar-refractivity contribution is -0.136. The third kappa shape index (κ3) is 4.77. The van der Waals surface area contributed by atoms with Crippen LogP contribution in [0, 0.1) is 5.92 Å². The van der Waals surface area contributed by atoms with E-state index in [1.54, 1.807) is 24.3 Å². The van der Waals surface area contributed by atoms with Crippen LogP contribution in [-0.4, -0.2) is 35.2 Å². The van der Waals surface area contributed by atoms with E-state index >= 15 is 0 Å². The summed E-state index contributed by atoms with van der Waals surface area (Å²) >= 11 is 1.92. The summed E-state index contributed by atoms with van der Waals surface area (Å²) in [5.74, 6) is 2.00. The zero-order valence-electron chi connectivity index (χ0n) is 11.1. The summed E-state index contributed by atoms with van der Waals surface area (Å²) in [4.78, 5) is 22.3. The number of aliphatic carboxylic acids is 1. The topological polar surface area (TPSA) is 78.4 Å². The number of carbonyl (C=O) groups excluding carboxylic acids is 1. The van der Waals surface area contributed by atoms with Gasteiger partial charge in [-0.25, -0.2) is 4.79 Å². The van der Waals surface area contributed by atoms with E-state index in [4.69, 9.17) is 5.11 Å². The Hall–Kier alpha value is -1.69. The molecule has 20 heavy (non-hydrogen) atoms. The number of nitrogens with one attached hydrogen (secondary N) is 2. The first kappa shape index (κ1) is 14.7. The minimum Gasteiger partial charge on any atom is -0.481 e. The van der Waals surface area contributed by atoms with Crippen molar-refractivity contribution < 1.29 is 14.7 Å². The summed E-state index contributed by atoms with van der Waals surface area (Å²) in [7, 11) is 0. The molecule has 2 rings (SSSR count). The van der Waals surface area contributed by atoms with E-state index in [1.807, 2.05) is 11.8 Å². The molecule has 0 aliphatic carbocycles. The molecule has 1 fully saturated rings. The molecule has 5 nitrogen and oxygen atoms in total. The number of carboxylic acids is 1. The number of rotatable bonds is 5. The van der Waals surface area contributed by atoms with Crippen LogP contribution in [0.15, 0.2) is 24.3 Å². The molecule has 1 heterocycles. The zero-order chi connectivity index (χ0) is 14.4. The van der Waals surface area contributed by atoms with Crippen LogP contribution < -0.4 is 10.6 Å². The predicted octanol–water partition coefficient (Wildman–Crippen LogP) is 2.19. The molecule has 2 amide bonds. The van der Waals surface area contributed by atoms with Gasteiger partial charge in [0.2, 0.25) is 0 Å². The molecule has 0 spiro atoms. The van der Waals surface area contributed by atoms with Gasteiger partial charge in [-0.1, -0.05) is 12.1 Å². The largest absolute Gasteiger partial charge is 0.481 e. The number of thioether (sulfide) groups is 1. The van der Waals surface area contributed by atoms with Crippen molar-refractivity contribution in [2.75, 3.05) is 23.4 Å². The first-order valence-electron chi connectivity index (χ1n) is 6.57. The minimum atomic E-state index is -0.863. The van der Waals surface area contributed by atoms with E-state index in [9.17, 15) is 9.59 Å². The number of hydrogen-bond acceptors (Lipinski definition) is 3. The molecular weight excluding hydrogens is 276 g/mol. The van der Waals surface area contributed by atoms with Crippen LogP contribution in [0.25, 0.3) is 0 Å². The van der Waals surface area contributed by atoms with E-state index in [1.165, 1.54) is 5.75 Å². The highest BCUT2D eigenvalue weighted by atomic mass is 32.2. The minimum absolute atomic E-state index is 0.00811. The Morgan fingerprint density at radius 3 is 2.65 bits per heavy atom. The Morgan fingerprint density at radius 1 is 1.30 bits per heavy atom.